The molecule has 0 bridgehead atoms. The number of nitrogens with zero attached hydrogens (tertiary/aromatic N) is 3. The number of anilines is 3. The van der Waals surface area contributed by atoms with Crippen molar-refractivity contribution in [3.8, 4) is 27.9 Å². The van der Waals surface area contributed by atoms with Gasteiger partial charge in [-0.2, -0.15) is 0 Å². The van der Waals surface area contributed by atoms with Gasteiger partial charge in [0.25, 0.3) is 0 Å². The highest BCUT2D eigenvalue weighted by atomic mass is 32.1. The minimum absolute atomic E-state index is 0.868. The number of aromatic nitrogens is 2. The maximum absolute atomic E-state index is 5.12. The summed E-state index contributed by atoms with van der Waals surface area (Å²) in [5, 5.41) is 7.57. The lowest BCUT2D eigenvalue weighted by Crippen LogP contribution is -2.11. The maximum atomic E-state index is 5.12. The molecule has 3 aromatic heterocycles. The van der Waals surface area contributed by atoms with E-state index in [1.165, 1.54) is 63.9 Å². The van der Waals surface area contributed by atoms with Crippen molar-refractivity contribution in [2.75, 3.05) is 4.90 Å². The third-order valence-corrected chi connectivity index (χ3v) is 12.0. The normalized spacial score (nSPS) is 11.6. The van der Waals surface area contributed by atoms with E-state index in [4.69, 9.17) is 4.98 Å². The van der Waals surface area contributed by atoms with E-state index in [0.717, 1.165) is 34.0 Å². The van der Waals surface area contributed by atoms with E-state index in [9.17, 15) is 0 Å². The van der Waals surface area contributed by atoms with Crippen molar-refractivity contribution in [3.05, 3.63) is 200 Å². The van der Waals surface area contributed by atoms with Gasteiger partial charge in [-0.15, -0.1) is 11.3 Å². The molecule has 0 aliphatic carbocycles. The van der Waals surface area contributed by atoms with Gasteiger partial charge in [0.05, 0.1) is 11.0 Å². The lowest BCUT2D eigenvalue weighted by atomic mass is 9.99. The van der Waals surface area contributed by atoms with Gasteiger partial charge < -0.3 is 4.57 Å². The number of thiophene rings is 1. The Kier molecular flexibility index (Phi) is 7.35. The van der Waals surface area contributed by atoms with E-state index >= 15 is 0 Å². The number of hydrogen-bond acceptors (Lipinski definition) is 3. The van der Waals surface area contributed by atoms with E-state index in [1.807, 2.05) is 17.5 Å². The second-order valence-corrected chi connectivity index (χ2v) is 15.1. The van der Waals surface area contributed by atoms with Crippen molar-refractivity contribution in [3.63, 3.8) is 0 Å². The van der Waals surface area contributed by atoms with Crippen LogP contribution in [-0.2, 0) is 0 Å². The van der Waals surface area contributed by atoms with Crippen LogP contribution in [0.25, 0.3) is 80.7 Å². The first-order chi connectivity index (χ1) is 27.3. The highest BCUT2D eigenvalue weighted by Gasteiger charge is 2.17. The van der Waals surface area contributed by atoms with Gasteiger partial charge >= 0.3 is 0 Å². The lowest BCUT2D eigenvalue weighted by molar-refractivity contribution is 1.18. The first kappa shape index (κ1) is 31.5. The van der Waals surface area contributed by atoms with Crippen LogP contribution in [0.3, 0.4) is 0 Å². The molecule has 0 aliphatic heterocycles. The van der Waals surface area contributed by atoms with Crippen LogP contribution in [0.15, 0.2) is 200 Å². The molecule has 258 valence electrons. The number of rotatable bonds is 6. The Morgan fingerprint density at radius 3 is 1.73 bits per heavy atom. The largest absolute Gasteiger partial charge is 0.309 e. The molecule has 0 fully saturated rings. The number of para-hydroxylation sites is 2. The van der Waals surface area contributed by atoms with Gasteiger partial charge in [-0.1, -0.05) is 127 Å². The summed E-state index contributed by atoms with van der Waals surface area (Å²) in [5.74, 6) is 0.868. The summed E-state index contributed by atoms with van der Waals surface area (Å²) in [6.45, 7) is 0. The smallest absolute Gasteiger partial charge is 0.137 e. The van der Waals surface area contributed by atoms with Gasteiger partial charge in [0, 0.05) is 59.8 Å². The van der Waals surface area contributed by atoms with Crippen molar-refractivity contribution in [2.45, 2.75) is 0 Å². The zero-order chi connectivity index (χ0) is 36.3. The van der Waals surface area contributed by atoms with Crippen LogP contribution in [0.5, 0.6) is 0 Å². The molecular formula is C51H33N3S. The van der Waals surface area contributed by atoms with Crippen LogP contribution in [0.4, 0.5) is 17.2 Å². The van der Waals surface area contributed by atoms with Crippen molar-refractivity contribution < 1.29 is 0 Å². The monoisotopic (exact) mass is 719 g/mol. The van der Waals surface area contributed by atoms with Crippen molar-refractivity contribution in [2.24, 2.45) is 0 Å². The molecule has 0 aliphatic rings. The Bertz CT molecular complexity index is 3130. The molecule has 8 aromatic carbocycles. The summed E-state index contributed by atoms with van der Waals surface area (Å²) >= 11 is 1.84. The third-order valence-electron chi connectivity index (χ3n) is 10.9. The summed E-state index contributed by atoms with van der Waals surface area (Å²) in [4.78, 5) is 7.39. The van der Waals surface area contributed by atoms with E-state index < -0.39 is 0 Å². The predicted molar refractivity (Wildman–Crippen MR) is 235 cm³/mol. The molecule has 3 heterocycles. The van der Waals surface area contributed by atoms with Gasteiger partial charge in [-0.25, -0.2) is 4.98 Å². The topological polar surface area (TPSA) is 21.1 Å². The van der Waals surface area contributed by atoms with Crippen LogP contribution < -0.4 is 4.90 Å². The van der Waals surface area contributed by atoms with Gasteiger partial charge in [0.2, 0.25) is 0 Å². The number of hydrogen-bond donors (Lipinski definition) is 0. The minimum Gasteiger partial charge on any atom is -0.309 e. The summed E-state index contributed by atoms with van der Waals surface area (Å²) in [6.07, 6.45) is 2.01. The van der Waals surface area contributed by atoms with Crippen LogP contribution in [0.2, 0.25) is 0 Å². The fraction of sp³-hybridized carbons (Fsp3) is 0. The summed E-state index contributed by atoms with van der Waals surface area (Å²) in [7, 11) is 0. The Labute approximate surface area is 322 Å². The van der Waals surface area contributed by atoms with Crippen LogP contribution >= 0.6 is 11.3 Å². The minimum atomic E-state index is 0.868. The predicted octanol–water partition coefficient (Wildman–Crippen LogP) is 14.5. The molecule has 0 spiro atoms. The molecule has 0 unspecified atom stereocenters. The van der Waals surface area contributed by atoms with Crippen LogP contribution in [0, 0.1) is 0 Å². The second kappa shape index (κ2) is 12.8. The van der Waals surface area contributed by atoms with Crippen molar-refractivity contribution in [1.29, 1.82) is 0 Å². The van der Waals surface area contributed by atoms with E-state index in [1.54, 1.807) is 0 Å². The van der Waals surface area contributed by atoms with E-state index in [-0.39, 0.29) is 0 Å². The summed E-state index contributed by atoms with van der Waals surface area (Å²) < 4.78 is 4.92. The quantitative estimate of drug-likeness (QED) is 0.171. The first-order valence-corrected chi connectivity index (χ1v) is 19.4. The van der Waals surface area contributed by atoms with Crippen molar-refractivity contribution >= 4 is 81.3 Å². The number of fused-ring (bicyclic) bond motifs is 7. The zero-order valence-corrected chi connectivity index (χ0v) is 30.6. The number of pyridine rings is 1. The molecule has 0 radical (unpaired) electrons. The Morgan fingerprint density at radius 2 is 1.00 bits per heavy atom. The Balaban J connectivity index is 0.974. The molecule has 0 amide bonds. The summed E-state index contributed by atoms with van der Waals surface area (Å²) in [5.41, 5.74) is 10.3. The van der Waals surface area contributed by atoms with Gasteiger partial charge in [-0.05, 0) is 94.2 Å². The molecule has 0 saturated carbocycles. The SMILES string of the molecule is c1ccc2c(-c3ccc(N(c4ccc(-c5ccc(-n6c7ccccc7c7ccccc76)cc5)cc4)c4ccc5c(c4)sc4ccccc45)nc3)cccc2c1. The first-order valence-electron chi connectivity index (χ1n) is 18.6. The Hall–Kier alpha value is -7.01. The van der Waals surface area contributed by atoms with Crippen molar-refractivity contribution in [1.82, 2.24) is 9.55 Å². The van der Waals surface area contributed by atoms with Gasteiger partial charge in [0.1, 0.15) is 5.82 Å². The summed E-state index contributed by atoms with van der Waals surface area (Å²) in [6, 6.07) is 69.9. The zero-order valence-electron chi connectivity index (χ0n) is 29.8. The van der Waals surface area contributed by atoms with E-state index in [2.05, 4.69) is 204 Å². The average Bonchev–Trinajstić information content (AvgIpc) is 3.80. The highest BCUT2D eigenvalue weighted by molar-refractivity contribution is 7.25. The second-order valence-electron chi connectivity index (χ2n) is 14.0. The average molecular weight is 720 g/mol. The molecule has 4 heteroatoms. The molecule has 3 nitrogen and oxygen atoms in total. The molecule has 0 N–H and O–H groups in total. The van der Waals surface area contributed by atoms with E-state index in [0.29, 0.717) is 0 Å². The highest BCUT2D eigenvalue weighted by Crippen LogP contribution is 2.41. The fourth-order valence-electron chi connectivity index (χ4n) is 8.23. The Morgan fingerprint density at radius 1 is 0.418 bits per heavy atom. The van der Waals surface area contributed by atoms with Gasteiger partial charge in [0.15, 0.2) is 0 Å². The maximum Gasteiger partial charge on any atom is 0.137 e. The molecule has 11 aromatic rings. The molecule has 55 heavy (non-hydrogen) atoms. The molecular weight excluding hydrogens is 687 g/mol. The standard InChI is InChI=1S/C51H33N3S/c1-2-12-41-36(10-1)11-9-16-42(41)37-24-31-51(52-33-37)53(40-29-30-46-45-15-5-8-19-49(45)55-50(46)32-40)38-25-20-34(21-26-38)35-22-27-39(28-23-35)54-47-17-6-3-13-43(47)44-14-4-7-18-48(44)54/h1-33H. The molecule has 11 rings (SSSR count). The molecule has 0 saturated heterocycles. The number of benzene rings is 8. The van der Waals surface area contributed by atoms with Crippen LogP contribution in [-0.4, -0.2) is 9.55 Å². The van der Waals surface area contributed by atoms with Crippen LogP contribution in [0.1, 0.15) is 0 Å². The molecule has 0 atom stereocenters. The third kappa shape index (κ3) is 5.30. The van der Waals surface area contributed by atoms with Gasteiger partial charge in [-0.3, -0.25) is 4.90 Å². The lowest BCUT2D eigenvalue weighted by Gasteiger charge is -2.25. The fourth-order valence-corrected chi connectivity index (χ4v) is 9.37.